The van der Waals surface area contributed by atoms with Gasteiger partial charge in [-0.05, 0) is 48.4 Å². The Morgan fingerprint density at radius 2 is 2.03 bits per heavy atom. The van der Waals surface area contributed by atoms with E-state index in [0.29, 0.717) is 17.0 Å². The Hall–Kier alpha value is -4.07. The number of aromatic nitrogens is 3. The standard InChI is InChI=1S/C23H19FN4O3/c1-14-11-16(7-8-19(14)30-2)22-21(18-9-10-25-13-26-18)23(31-28-22)27-20(29)12-15-5-3-4-6-17(15)24/h3-11,13H,12H2,1-2H3,(H,27,29). The van der Waals surface area contributed by atoms with Gasteiger partial charge in [0.15, 0.2) is 0 Å². The third kappa shape index (κ3) is 4.28. The van der Waals surface area contributed by atoms with E-state index in [0.717, 1.165) is 16.9 Å². The Morgan fingerprint density at radius 1 is 1.19 bits per heavy atom. The molecule has 1 N–H and O–H groups in total. The van der Waals surface area contributed by atoms with Gasteiger partial charge in [0.25, 0.3) is 0 Å². The zero-order valence-corrected chi connectivity index (χ0v) is 16.9. The summed E-state index contributed by atoms with van der Waals surface area (Å²) in [4.78, 5) is 20.8. The van der Waals surface area contributed by atoms with Crippen molar-refractivity contribution >= 4 is 11.8 Å². The highest BCUT2D eigenvalue weighted by molar-refractivity contribution is 5.97. The van der Waals surface area contributed by atoms with Crippen molar-refractivity contribution in [1.82, 2.24) is 15.1 Å². The van der Waals surface area contributed by atoms with Gasteiger partial charge in [0, 0.05) is 11.8 Å². The van der Waals surface area contributed by atoms with Gasteiger partial charge in [-0.2, -0.15) is 0 Å². The summed E-state index contributed by atoms with van der Waals surface area (Å²) in [6.45, 7) is 1.92. The van der Waals surface area contributed by atoms with Crippen LogP contribution in [0.2, 0.25) is 0 Å². The van der Waals surface area contributed by atoms with Crippen molar-refractivity contribution in [2.75, 3.05) is 12.4 Å². The molecule has 4 rings (SSSR count). The largest absolute Gasteiger partial charge is 0.496 e. The number of benzene rings is 2. The smallest absolute Gasteiger partial charge is 0.241 e. The Kier molecular flexibility index (Phi) is 5.70. The summed E-state index contributed by atoms with van der Waals surface area (Å²) >= 11 is 0. The highest BCUT2D eigenvalue weighted by Gasteiger charge is 2.23. The second-order valence-corrected chi connectivity index (χ2v) is 6.83. The van der Waals surface area contributed by atoms with Crippen molar-refractivity contribution in [3.63, 3.8) is 0 Å². The zero-order valence-electron chi connectivity index (χ0n) is 16.9. The van der Waals surface area contributed by atoms with E-state index in [1.165, 1.54) is 12.4 Å². The van der Waals surface area contributed by atoms with E-state index >= 15 is 0 Å². The molecule has 31 heavy (non-hydrogen) atoms. The van der Waals surface area contributed by atoms with Crippen molar-refractivity contribution in [3.8, 4) is 28.3 Å². The maximum atomic E-state index is 13.9. The Labute approximate surface area is 177 Å². The van der Waals surface area contributed by atoms with Gasteiger partial charge in [0.05, 0.1) is 24.8 Å². The van der Waals surface area contributed by atoms with Gasteiger partial charge >= 0.3 is 0 Å². The SMILES string of the molecule is COc1ccc(-c2noc(NC(=O)Cc3ccccc3F)c2-c2ccncn2)cc1C. The minimum atomic E-state index is -0.444. The fourth-order valence-electron chi connectivity index (χ4n) is 3.26. The summed E-state index contributed by atoms with van der Waals surface area (Å²) in [5.41, 5.74) is 3.52. The molecule has 1 amide bonds. The molecular formula is C23H19FN4O3. The number of carbonyl (C=O) groups excluding carboxylic acids is 1. The molecule has 2 aromatic carbocycles. The number of hydrogen-bond acceptors (Lipinski definition) is 6. The molecule has 156 valence electrons. The lowest BCUT2D eigenvalue weighted by Crippen LogP contribution is -2.15. The predicted molar refractivity (Wildman–Crippen MR) is 113 cm³/mol. The van der Waals surface area contributed by atoms with E-state index in [4.69, 9.17) is 9.26 Å². The van der Waals surface area contributed by atoms with Crippen molar-refractivity contribution in [3.05, 3.63) is 78.0 Å². The number of rotatable bonds is 6. The van der Waals surface area contributed by atoms with Crippen LogP contribution in [0, 0.1) is 12.7 Å². The first-order valence-corrected chi connectivity index (χ1v) is 9.51. The van der Waals surface area contributed by atoms with Gasteiger partial charge in [0.1, 0.15) is 23.6 Å². The lowest BCUT2D eigenvalue weighted by Gasteiger charge is -2.08. The van der Waals surface area contributed by atoms with Crippen LogP contribution in [0.5, 0.6) is 5.75 Å². The summed E-state index contributed by atoms with van der Waals surface area (Å²) in [5.74, 6) is -0.00702. The molecule has 2 aromatic heterocycles. The van der Waals surface area contributed by atoms with E-state index in [1.807, 2.05) is 25.1 Å². The van der Waals surface area contributed by atoms with Gasteiger partial charge in [-0.25, -0.2) is 14.4 Å². The molecule has 0 aliphatic carbocycles. The number of halogens is 1. The summed E-state index contributed by atoms with van der Waals surface area (Å²) in [6, 6.07) is 13.4. The third-order valence-electron chi connectivity index (χ3n) is 4.76. The molecule has 0 radical (unpaired) electrons. The monoisotopic (exact) mass is 418 g/mol. The first kappa shape index (κ1) is 20.2. The fraction of sp³-hybridized carbons (Fsp3) is 0.130. The van der Waals surface area contributed by atoms with Gasteiger partial charge in [-0.15, -0.1) is 0 Å². The molecule has 0 fully saturated rings. The molecule has 0 saturated carbocycles. The summed E-state index contributed by atoms with van der Waals surface area (Å²) in [5, 5.41) is 6.86. The Bertz CT molecular complexity index is 1220. The Morgan fingerprint density at radius 3 is 2.74 bits per heavy atom. The molecule has 7 nitrogen and oxygen atoms in total. The molecule has 0 atom stereocenters. The van der Waals surface area contributed by atoms with Crippen LogP contribution < -0.4 is 10.1 Å². The second kappa shape index (κ2) is 8.74. The number of aryl methyl sites for hydroxylation is 1. The van der Waals surface area contributed by atoms with E-state index in [1.54, 1.807) is 37.6 Å². The molecule has 2 heterocycles. The molecule has 8 heteroatoms. The van der Waals surface area contributed by atoms with E-state index < -0.39 is 11.7 Å². The lowest BCUT2D eigenvalue weighted by atomic mass is 10.0. The maximum absolute atomic E-state index is 13.9. The lowest BCUT2D eigenvalue weighted by molar-refractivity contribution is -0.115. The minimum Gasteiger partial charge on any atom is -0.496 e. The fourth-order valence-corrected chi connectivity index (χ4v) is 3.26. The molecule has 0 aliphatic heterocycles. The quantitative estimate of drug-likeness (QED) is 0.498. The summed E-state index contributed by atoms with van der Waals surface area (Å²) < 4.78 is 24.7. The number of nitrogens with one attached hydrogen (secondary N) is 1. The van der Waals surface area contributed by atoms with E-state index in [9.17, 15) is 9.18 Å². The topological polar surface area (TPSA) is 90.1 Å². The van der Waals surface area contributed by atoms with Gasteiger partial charge in [-0.1, -0.05) is 23.4 Å². The van der Waals surface area contributed by atoms with Gasteiger partial charge in [-0.3, -0.25) is 10.1 Å². The van der Waals surface area contributed by atoms with Crippen LogP contribution in [0.25, 0.3) is 22.5 Å². The van der Waals surface area contributed by atoms with Crippen LogP contribution in [0.4, 0.5) is 10.3 Å². The first-order valence-electron chi connectivity index (χ1n) is 9.51. The van der Waals surface area contributed by atoms with E-state index in [-0.39, 0.29) is 17.9 Å². The molecule has 0 unspecified atom stereocenters. The third-order valence-corrected chi connectivity index (χ3v) is 4.76. The highest BCUT2D eigenvalue weighted by atomic mass is 19.1. The van der Waals surface area contributed by atoms with Crippen LogP contribution in [0.15, 0.2) is 65.6 Å². The predicted octanol–water partition coefficient (Wildman–Crippen LogP) is 4.44. The van der Waals surface area contributed by atoms with Crippen molar-refractivity contribution in [2.24, 2.45) is 0 Å². The second-order valence-electron chi connectivity index (χ2n) is 6.83. The molecule has 0 spiro atoms. The Balaban J connectivity index is 1.71. The molecule has 0 saturated heterocycles. The van der Waals surface area contributed by atoms with Gasteiger partial charge in [0.2, 0.25) is 11.8 Å². The first-order chi connectivity index (χ1) is 15.1. The number of anilines is 1. The van der Waals surface area contributed by atoms with Crippen LogP contribution in [0.3, 0.4) is 0 Å². The normalized spacial score (nSPS) is 10.7. The minimum absolute atomic E-state index is 0.128. The zero-order chi connectivity index (χ0) is 21.8. The number of carbonyl (C=O) groups is 1. The van der Waals surface area contributed by atoms with Crippen LogP contribution >= 0.6 is 0 Å². The van der Waals surface area contributed by atoms with Crippen molar-refractivity contribution in [1.29, 1.82) is 0 Å². The number of nitrogens with zero attached hydrogens (tertiary/aromatic N) is 3. The number of amides is 1. The molecule has 0 aliphatic rings. The van der Waals surface area contributed by atoms with Crippen LogP contribution in [-0.2, 0) is 11.2 Å². The number of hydrogen-bond donors (Lipinski definition) is 1. The highest BCUT2D eigenvalue weighted by Crippen LogP contribution is 2.38. The number of ether oxygens (including phenoxy) is 1. The average molecular weight is 418 g/mol. The van der Waals surface area contributed by atoms with Crippen molar-refractivity contribution < 1.29 is 18.4 Å². The molecule has 0 bridgehead atoms. The average Bonchev–Trinajstić information content (AvgIpc) is 3.19. The van der Waals surface area contributed by atoms with Crippen molar-refractivity contribution in [2.45, 2.75) is 13.3 Å². The number of methoxy groups -OCH3 is 1. The van der Waals surface area contributed by atoms with Gasteiger partial charge < -0.3 is 9.26 Å². The van der Waals surface area contributed by atoms with Crippen LogP contribution in [-0.4, -0.2) is 28.1 Å². The molecule has 4 aromatic rings. The van der Waals surface area contributed by atoms with Crippen LogP contribution in [0.1, 0.15) is 11.1 Å². The summed E-state index contributed by atoms with van der Waals surface area (Å²) in [7, 11) is 1.60. The molecular weight excluding hydrogens is 399 g/mol. The maximum Gasteiger partial charge on any atom is 0.241 e. The summed E-state index contributed by atoms with van der Waals surface area (Å²) in [6.07, 6.45) is 2.84. The van der Waals surface area contributed by atoms with E-state index in [2.05, 4.69) is 20.4 Å².